The molecule has 1 aliphatic carbocycles. The van der Waals surface area contributed by atoms with Gasteiger partial charge in [-0.15, -0.1) is 0 Å². The molecule has 1 aromatic carbocycles. The lowest BCUT2D eigenvalue weighted by atomic mass is 10.1. The molecule has 0 bridgehead atoms. The maximum atomic E-state index is 3.66. The van der Waals surface area contributed by atoms with Crippen LogP contribution in [-0.2, 0) is 0 Å². The minimum Gasteiger partial charge on any atom is -0.370 e. The van der Waals surface area contributed by atoms with E-state index in [0.717, 1.165) is 25.6 Å². The smallest absolute Gasteiger partial charge is 0.0396 e. The Labute approximate surface area is 111 Å². The molecule has 1 aromatic rings. The van der Waals surface area contributed by atoms with Crippen molar-refractivity contribution >= 4 is 5.69 Å². The molecule has 0 radical (unpaired) electrons. The molecule has 0 amide bonds. The monoisotopic (exact) mass is 246 g/mol. The highest BCUT2D eigenvalue weighted by Crippen LogP contribution is 2.33. The maximum absolute atomic E-state index is 3.66. The first-order valence-electron chi connectivity index (χ1n) is 7.30. The van der Waals surface area contributed by atoms with Gasteiger partial charge in [-0.05, 0) is 50.8 Å². The van der Waals surface area contributed by atoms with Gasteiger partial charge >= 0.3 is 0 Å². The average Bonchev–Trinajstić information content (AvgIpc) is 3.20. The third-order valence-corrected chi connectivity index (χ3v) is 3.91. The van der Waals surface area contributed by atoms with Crippen LogP contribution in [0.2, 0.25) is 0 Å². The van der Waals surface area contributed by atoms with Crippen molar-refractivity contribution in [2.75, 3.05) is 24.5 Å². The molecule has 2 heteroatoms. The zero-order chi connectivity index (χ0) is 13.0. The first-order valence-corrected chi connectivity index (χ1v) is 7.30. The number of likely N-dealkylation sites (N-methyl/N-ethyl adjacent to an activating group) is 2. The Morgan fingerprint density at radius 3 is 2.56 bits per heavy atom. The van der Waals surface area contributed by atoms with Gasteiger partial charge in [0.25, 0.3) is 0 Å². The highest BCUT2D eigenvalue weighted by molar-refractivity contribution is 5.53. The Kier molecular flexibility index (Phi) is 4.65. The molecule has 1 unspecified atom stereocenters. The molecule has 1 fully saturated rings. The second kappa shape index (κ2) is 6.24. The summed E-state index contributed by atoms with van der Waals surface area (Å²) in [4.78, 5) is 2.51. The van der Waals surface area contributed by atoms with Crippen molar-refractivity contribution in [2.24, 2.45) is 5.92 Å². The summed E-state index contributed by atoms with van der Waals surface area (Å²) in [5.74, 6) is 0.906. The number of nitrogens with one attached hydrogen (secondary N) is 1. The van der Waals surface area contributed by atoms with E-state index in [1.807, 2.05) is 0 Å². The lowest BCUT2D eigenvalue weighted by Crippen LogP contribution is -2.42. The molecule has 0 heterocycles. The van der Waals surface area contributed by atoms with Gasteiger partial charge in [-0.2, -0.15) is 0 Å². The number of rotatable bonds is 7. The zero-order valence-electron chi connectivity index (χ0n) is 11.9. The first kappa shape index (κ1) is 13.4. The van der Waals surface area contributed by atoms with E-state index in [0.29, 0.717) is 6.04 Å². The summed E-state index contributed by atoms with van der Waals surface area (Å²) in [6, 6.07) is 9.38. The summed E-state index contributed by atoms with van der Waals surface area (Å²) in [5, 5.41) is 3.66. The highest BCUT2D eigenvalue weighted by Gasteiger charge is 2.31. The van der Waals surface area contributed by atoms with Gasteiger partial charge in [0.1, 0.15) is 0 Å². The van der Waals surface area contributed by atoms with Crippen molar-refractivity contribution in [3.05, 3.63) is 29.8 Å². The Bertz CT molecular complexity index is 371. The van der Waals surface area contributed by atoms with Gasteiger partial charge < -0.3 is 10.2 Å². The van der Waals surface area contributed by atoms with Crippen molar-refractivity contribution in [1.29, 1.82) is 0 Å². The van der Waals surface area contributed by atoms with Gasteiger partial charge in [0.2, 0.25) is 0 Å². The van der Waals surface area contributed by atoms with Crippen molar-refractivity contribution in [1.82, 2.24) is 5.32 Å². The number of hydrogen-bond donors (Lipinski definition) is 1. The van der Waals surface area contributed by atoms with Crippen LogP contribution in [0.15, 0.2) is 24.3 Å². The van der Waals surface area contributed by atoms with Crippen molar-refractivity contribution in [3.8, 4) is 0 Å². The van der Waals surface area contributed by atoms with Crippen molar-refractivity contribution in [3.63, 3.8) is 0 Å². The number of hydrogen-bond acceptors (Lipinski definition) is 2. The molecule has 18 heavy (non-hydrogen) atoms. The summed E-state index contributed by atoms with van der Waals surface area (Å²) >= 11 is 0. The quantitative estimate of drug-likeness (QED) is 0.795. The van der Waals surface area contributed by atoms with Crippen LogP contribution in [0.3, 0.4) is 0 Å². The summed E-state index contributed by atoms with van der Waals surface area (Å²) < 4.78 is 0. The summed E-state index contributed by atoms with van der Waals surface area (Å²) in [6.07, 6.45) is 2.81. The molecule has 0 aliphatic heterocycles. The van der Waals surface area contributed by atoms with Gasteiger partial charge in [-0.25, -0.2) is 0 Å². The molecular formula is C16H26N2. The molecule has 1 N–H and O–H groups in total. The van der Waals surface area contributed by atoms with E-state index in [-0.39, 0.29) is 0 Å². The standard InChI is InChI=1S/C16H26N2/c1-4-17-15(14-10-11-14)12-18(5-2)16-9-7-6-8-13(16)3/h6-9,14-15,17H,4-5,10-12H2,1-3H3. The van der Waals surface area contributed by atoms with E-state index in [9.17, 15) is 0 Å². The molecular weight excluding hydrogens is 220 g/mol. The SMILES string of the molecule is CCNC(CN(CC)c1ccccc1C)C1CC1. The van der Waals surface area contributed by atoms with E-state index >= 15 is 0 Å². The normalized spacial score (nSPS) is 16.6. The third-order valence-electron chi connectivity index (χ3n) is 3.91. The summed E-state index contributed by atoms with van der Waals surface area (Å²) in [7, 11) is 0. The van der Waals surface area contributed by atoms with Crippen LogP contribution in [0.4, 0.5) is 5.69 Å². The summed E-state index contributed by atoms with van der Waals surface area (Å²) in [5.41, 5.74) is 2.77. The predicted octanol–water partition coefficient (Wildman–Crippen LogP) is 3.21. The molecule has 1 atom stereocenters. The molecule has 0 aromatic heterocycles. The molecule has 2 nitrogen and oxygen atoms in total. The van der Waals surface area contributed by atoms with Crippen LogP contribution >= 0.6 is 0 Å². The van der Waals surface area contributed by atoms with Crippen LogP contribution in [0, 0.1) is 12.8 Å². The Morgan fingerprint density at radius 1 is 1.28 bits per heavy atom. The maximum Gasteiger partial charge on any atom is 0.0396 e. The van der Waals surface area contributed by atoms with Crippen LogP contribution < -0.4 is 10.2 Å². The Morgan fingerprint density at radius 2 is 2.00 bits per heavy atom. The fraction of sp³-hybridized carbons (Fsp3) is 0.625. The minimum atomic E-state index is 0.662. The number of anilines is 1. The van der Waals surface area contributed by atoms with E-state index < -0.39 is 0 Å². The van der Waals surface area contributed by atoms with E-state index in [2.05, 4.69) is 55.3 Å². The lowest BCUT2D eigenvalue weighted by Gasteiger charge is -2.30. The second-order valence-electron chi connectivity index (χ2n) is 5.33. The molecule has 2 rings (SSSR count). The van der Waals surface area contributed by atoms with Crippen LogP contribution in [-0.4, -0.2) is 25.7 Å². The zero-order valence-corrected chi connectivity index (χ0v) is 11.9. The molecule has 1 saturated carbocycles. The molecule has 100 valence electrons. The van der Waals surface area contributed by atoms with E-state index in [1.54, 1.807) is 0 Å². The largest absolute Gasteiger partial charge is 0.370 e. The number of para-hydroxylation sites is 1. The van der Waals surface area contributed by atoms with Gasteiger partial charge in [-0.1, -0.05) is 25.1 Å². The number of nitrogens with zero attached hydrogens (tertiary/aromatic N) is 1. The molecule has 1 aliphatic rings. The fourth-order valence-electron chi connectivity index (χ4n) is 2.69. The molecule has 0 saturated heterocycles. The summed E-state index contributed by atoms with van der Waals surface area (Å²) in [6.45, 7) is 9.96. The minimum absolute atomic E-state index is 0.662. The third kappa shape index (κ3) is 3.26. The van der Waals surface area contributed by atoms with E-state index in [4.69, 9.17) is 0 Å². The van der Waals surface area contributed by atoms with Crippen LogP contribution in [0.1, 0.15) is 32.3 Å². The van der Waals surface area contributed by atoms with Gasteiger partial charge in [0.05, 0.1) is 0 Å². The van der Waals surface area contributed by atoms with E-state index in [1.165, 1.54) is 24.1 Å². The predicted molar refractivity (Wildman–Crippen MR) is 79.3 cm³/mol. The van der Waals surface area contributed by atoms with Gasteiger partial charge in [0.15, 0.2) is 0 Å². The van der Waals surface area contributed by atoms with Gasteiger partial charge in [-0.3, -0.25) is 0 Å². The molecule has 0 spiro atoms. The number of aryl methyl sites for hydroxylation is 1. The van der Waals surface area contributed by atoms with Crippen LogP contribution in [0.5, 0.6) is 0 Å². The Balaban J connectivity index is 2.06. The van der Waals surface area contributed by atoms with Crippen LogP contribution in [0.25, 0.3) is 0 Å². The average molecular weight is 246 g/mol. The van der Waals surface area contributed by atoms with Crippen molar-refractivity contribution in [2.45, 2.75) is 39.7 Å². The second-order valence-corrected chi connectivity index (χ2v) is 5.33. The number of benzene rings is 1. The lowest BCUT2D eigenvalue weighted by molar-refractivity contribution is 0.470. The Hall–Kier alpha value is -1.02. The van der Waals surface area contributed by atoms with Gasteiger partial charge in [0, 0.05) is 24.8 Å². The first-order chi connectivity index (χ1) is 8.76. The fourth-order valence-corrected chi connectivity index (χ4v) is 2.69. The van der Waals surface area contributed by atoms with Crippen molar-refractivity contribution < 1.29 is 0 Å². The topological polar surface area (TPSA) is 15.3 Å². The highest BCUT2D eigenvalue weighted by atomic mass is 15.2.